The van der Waals surface area contributed by atoms with E-state index in [-0.39, 0.29) is 5.41 Å². The molecule has 2 fully saturated rings. The Labute approximate surface area is 312 Å². The fourth-order valence-corrected chi connectivity index (χ4v) is 9.87. The Morgan fingerprint density at radius 2 is 1.90 bits per heavy atom. The first-order valence-electron chi connectivity index (χ1n) is 18.9. The number of hydrogen-bond acceptors (Lipinski definition) is 7. The van der Waals surface area contributed by atoms with Crippen molar-refractivity contribution in [2.24, 2.45) is 11.8 Å². The third kappa shape index (κ3) is 7.71. The topological polar surface area (TPSA) is 96.0 Å². The van der Waals surface area contributed by atoms with Gasteiger partial charge in [0.15, 0.2) is 0 Å². The molecule has 1 aliphatic heterocycles. The second-order valence-corrected chi connectivity index (χ2v) is 16.4. The van der Waals surface area contributed by atoms with Crippen LogP contribution in [0.4, 0.5) is 5.69 Å². The lowest BCUT2D eigenvalue weighted by molar-refractivity contribution is -0.144. The highest BCUT2D eigenvalue weighted by atomic mass is 35.5. The van der Waals surface area contributed by atoms with E-state index >= 15 is 0 Å². The predicted molar refractivity (Wildman–Crippen MR) is 204 cm³/mol. The Kier molecular flexibility index (Phi) is 11.1. The van der Waals surface area contributed by atoms with Crippen LogP contribution < -0.4 is 20.1 Å². The monoisotopic (exact) mass is 734 g/mol. The zero-order valence-corrected chi connectivity index (χ0v) is 31.5. The van der Waals surface area contributed by atoms with E-state index in [0.717, 1.165) is 82.0 Å². The fourth-order valence-electron chi connectivity index (χ4n) is 9.44. The highest BCUT2D eigenvalue weighted by Crippen LogP contribution is 2.57. The third-order valence-electron chi connectivity index (χ3n) is 12.2. The van der Waals surface area contributed by atoms with Gasteiger partial charge >= 0.3 is 5.97 Å². The molecule has 0 amide bonds. The first-order valence-corrected chi connectivity index (χ1v) is 19.7. The quantitative estimate of drug-likeness (QED) is 0.172. The number of benzene rings is 2. The Hall–Kier alpha value is -3.04. The van der Waals surface area contributed by atoms with Crippen molar-refractivity contribution >= 4 is 34.9 Å². The number of hydrogen-bond donors (Lipinski definition) is 3. The number of anilines is 1. The van der Waals surface area contributed by atoms with Gasteiger partial charge in [0.25, 0.3) is 0 Å². The molecular formula is C41H52Cl2N4O4. The van der Waals surface area contributed by atoms with Crippen LogP contribution in [0.25, 0.3) is 0 Å². The van der Waals surface area contributed by atoms with E-state index in [1.54, 1.807) is 12.1 Å². The second kappa shape index (κ2) is 15.5. The molecule has 10 heteroatoms. The standard InChI is InChI=1S/C41H52Cl2N4O4/c1-27(26-51-36-9-14-45-35-8-3-5-28(2)38(35)36)21-30-22-29-23-34(43)37(50-20-19-47-17-15-44-16-18-47)25-33(29)40(30)10-12-41(13-11-40,39(48)49)46-32-7-4-6-31(42)24-32/h4,6-7,9,14,23-25,27-28,30,44,46H,3,5,8,10-13,15-22,26H2,1-2H3,(H,48,49)/t27-,28-,30?,40?,41?/m1/s1. The summed E-state index contributed by atoms with van der Waals surface area (Å²) in [7, 11) is 0. The molecule has 1 saturated heterocycles. The van der Waals surface area contributed by atoms with Crippen LogP contribution in [0.2, 0.25) is 10.0 Å². The van der Waals surface area contributed by atoms with E-state index in [9.17, 15) is 9.90 Å². The van der Waals surface area contributed by atoms with Gasteiger partial charge in [-0.15, -0.1) is 0 Å². The van der Waals surface area contributed by atoms with Crippen LogP contribution in [0.3, 0.4) is 0 Å². The largest absolute Gasteiger partial charge is 0.493 e. The lowest BCUT2D eigenvalue weighted by Crippen LogP contribution is -2.53. The molecule has 2 heterocycles. The SMILES string of the molecule is C[C@@H](COc1ccnc2c1[C@H](C)CCC2)CC1Cc2cc(Cl)c(OCCN3CCNCC3)cc2C12CCC(Nc1cccc(Cl)c1)(C(=O)O)CC2. The zero-order valence-electron chi connectivity index (χ0n) is 30.0. The number of aromatic nitrogens is 1. The van der Waals surface area contributed by atoms with Crippen molar-refractivity contribution in [2.45, 2.75) is 88.5 Å². The summed E-state index contributed by atoms with van der Waals surface area (Å²) < 4.78 is 13.0. The molecule has 3 N–H and O–H groups in total. The lowest BCUT2D eigenvalue weighted by atomic mass is 9.59. The highest BCUT2D eigenvalue weighted by molar-refractivity contribution is 6.32. The number of aryl methyl sites for hydroxylation is 1. The van der Waals surface area contributed by atoms with Gasteiger partial charge < -0.3 is 25.2 Å². The van der Waals surface area contributed by atoms with Crippen LogP contribution in [0.5, 0.6) is 11.5 Å². The average molecular weight is 736 g/mol. The second-order valence-electron chi connectivity index (χ2n) is 15.6. The molecule has 2 aromatic carbocycles. The summed E-state index contributed by atoms with van der Waals surface area (Å²) in [4.78, 5) is 20.1. The minimum absolute atomic E-state index is 0.190. The van der Waals surface area contributed by atoms with E-state index < -0.39 is 11.5 Å². The molecule has 1 aromatic heterocycles. The number of carbonyl (C=O) groups is 1. The molecule has 1 spiro atoms. The van der Waals surface area contributed by atoms with E-state index in [2.05, 4.69) is 46.5 Å². The van der Waals surface area contributed by atoms with Gasteiger partial charge in [-0.25, -0.2) is 4.79 Å². The Bertz CT molecular complexity index is 1700. The van der Waals surface area contributed by atoms with Crippen molar-refractivity contribution in [2.75, 3.05) is 51.3 Å². The van der Waals surface area contributed by atoms with E-state index in [4.69, 9.17) is 32.7 Å². The fraction of sp³-hybridized carbons (Fsp3) is 0.561. The molecule has 1 unspecified atom stereocenters. The summed E-state index contributed by atoms with van der Waals surface area (Å²) in [6.07, 6.45) is 9.61. The summed E-state index contributed by atoms with van der Waals surface area (Å²) in [6.45, 7) is 10.7. The number of pyridine rings is 1. The highest BCUT2D eigenvalue weighted by Gasteiger charge is 2.54. The van der Waals surface area contributed by atoms with Gasteiger partial charge in [0.05, 0.1) is 11.6 Å². The summed E-state index contributed by atoms with van der Waals surface area (Å²) in [5.41, 5.74) is 4.46. The molecule has 4 aliphatic rings. The minimum Gasteiger partial charge on any atom is -0.493 e. The summed E-state index contributed by atoms with van der Waals surface area (Å²) in [5.74, 6) is 1.96. The third-order valence-corrected chi connectivity index (χ3v) is 12.7. The Morgan fingerprint density at radius 3 is 2.67 bits per heavy atom. The van der Waals surface area contributed by atoms with Crippen LogP contribution in [-0.2, 0) is 23.1 Å². The number of ether oxygens (including phenoxy) is 2. The zero-order chi connectivity index (χ0) is 35.6. The molecule has 1 saturated carbocycles. The van der Waals surface area contributed by atoms with Gasteiger partial charge in [0, 0.05) is 60.9 Å². The predicted octanol–water partition coefficient (Wildman–Crippen LogP) is 8.14. The molecule has 3 aromatic rings. The normalized spacial score (nSPS) is 26.7. The average Bonchev–Trinajstić information content (AvgIpc) is 3.39. The molecule has 0 bridgehead atoms. The molecule has 274 valence electrons. The maximum absolute atomic E-state index is 13.0. The molecule has 0 radical (unpaired) electrons. The molecule has 3 atom stereocenters. The van der Waals surface area contributed by atoms with E-state index in [1.165, 1.54) is 35.2 Å². The lowest BCUT2D eigenvalue weighted by Gasteiger charge is -2.47. The number of halogens is 2. The summed E-state index contributed by atoms with van der Waals surface area (Å²) in [6, 6.07) is 13.7. The van der Waals surface area contributed by atoms with Gasteiger partial charge in [-0.2, -0.15) is 0 Å². The van der Waals surface area contributed by atoms with Crippen molar-refractivity contribution in [3.05, 3.63) is 81.1 Å². The molecule has 51 heavy (non-hydrogen) atoms. The Balaban J connectivity index is 1.12. The number of piperazine rings is 1. The number of aliphatic carboxylic acids is 1. The van der Waals surface area contributed by atoms with Gasteiger partial charge in [-0.3, -0.25) is 9.88 Å². The number of carboxylic acids is 1. The number of carboxylic acid groups (broad SMARTS) is 1. The van der Waals surface area contributed by atoms with Crippen molar-refractivity contribution in [1.82, 2.24) is 15.2 Å². The Morgan fingerprint density at radius 1 is 1.10 bits per heavy atom. The van der Waals surface area contributed by atoms with Crippen LogP contribution >= 0.6 is 23.2 Å². The van der Waals surface area contributed by atoms with Crippen molar-refractivity contribution in [3.8, 4) is 11.5 Å². The van der Waals surface area contributed by atoms with Crippen molar-refractivity contribution in [3.63, 3.8) is 0 Å². The van der Waals surface area contributed by atoms with Crippen molar-refractivity contribution in [1.29, 1.82) is 0 Å². The van der Waals surface area contributed by atoms with Crippen LogP contribution in [0.15, 0.2) is 48.7 Å². The van der Waals surface area contributed by atoms with Gasteiger partial charge in [-0.1, -0.05) is 43.1 Å². The number of fused-ring (bicyclic) bond motifs is 3. The van der Waals surface area contributed by atoms with Crippen LogP contribution in [0.1, 0.15) is 87.1 Å². The summed E-state index contributed by atoms with van der Waals surface area (Å²) >= 11 is 13.2. The van der Waals surface area contributed by atoms with Gasteiger partial charge in [0.2, 0.25) is 0 Å². The maximum atomic E-state index is 13.0. The molecule has 3 aliphatic carbocycles. The number of nitrogens with one attached hydrogen (secondary N) is 2. The first-order chi connectivity index (χ1) is 24.7. The van der Waals surface area contributed by atoms with Crippen molar-refractivity contribution < 1.29 is 19.4 Å². The van der Waals surface area contributed by atoms with E-state index in [0.29, 0.717) is 53.9 Å². The van der Waals surface area contributed by atoms with Gasteiger partial charge in [0.1, 0.15) is 23.6 Å². The number of rotatable bonds is 12. The maximum Gasteiger partial charge on any atom is 0.329 e. The van der Waals surface area contributed by atoms with E-state index in [1.807, 2.05) is 24.4 Å². The van der Waals surface area contributed by atoms with Crippen LogP contribution in [-0.4, -0.2) is 72.4 Å². The smallest absolute Gasteiger partial charge is 0.329 e. The number of nitrogens with zero attached hydrogens (tertiary/aromatic N) is 2. The summed E-state index contributed by atoms with van der Waals surface area (Å²) in [5, 5.41) is 18.7. The molecular weight excluding hydrogens is 683 g/mol. The van der Waals surface area contributed by atoms with Gasteiger partial charge in [-0.05, 0) is 128 Å². The first kappa shape index (κ1) is 36.3. The molecule has 7 rings (SSSR count). The van der Waals surface area contributed by atoms with Crippen LogP contribution in [0, 0.1) is 11.8 Å². The minimum atomic E-state index is -1.08. The molecule has 8 nitrogen and oxygen atoms in total.